The Labute approximate surface area is 105 Å². The standard InChI is InChI=1S/C12H17N3O3/c16-6-3-9(13-5-6)12-14-11(15-18-12)8-4-7-1-2-10(8)17-7/h6-10,13,16H,1-5H2. The van der Waals surface area contributed by atoms with Crippen molar-refractivity contribution in [2.24, 2.45) is 0 Å². The molecule has 98 valence electrons. The minimum Gasteiger partial charge on any atom is -0.392 e. The second kappa shape index (κ2) is 4.01. The Hall–Kier alpha value is -0.980. The Morgan fingerprint density at radius 2 is 2.22 bits per heavy atom. The normalized spacial score (nSPS) is 42.8. The molecule has 6 heteroatoms. The van der Waals surface area contributed by atoms with Gasteiger partial charge in [0.15, 0.2) is 5.82 Å². The SMILES string of the molecule is OC1CNC(c2nc(C3CC4CCC3O4)no2)C1. The molecule has 3 fully saturated rings. The van der Waals surface area contributed by atoms with Gasteiger partial charge in [0.1, 0.15) is 0 Å². The predicted molar refractivity (Wildman–Crippen MR) is 60.9 cm³/mol. The average molecular weight is 251 g/mol. The molecule has 0 aliphatic carbocycles. The van der Waals surface area contributed by atoms with Crippen LogP contribution in [-0.2, 0) is 4.74 Å². The van der Waals surface area contributed by atoms with Crippen molar-refractivity contribution < 1.29 is 14.4 Å². The summed E-state index contributed by atoms with van der Waals surface area (Å²) in [5.41, 5.74) is 0. The van der Waals surface area contributed by atoms with Crippen LogP contribution in [0.3, 0.4) is 0 Å². The highest BCUT2D eigenvalue weighted by molar-refractivity contribution is 5.08. The van der Waals surface area contributed by atoms with Crippen molar-refractivity contribution in [2.45, 2.75) is 56.0 Å². The number of nitrogens with zero attached hydrogens (tertiary/aromatic N) is 2. The van der Waals surface area contributed by atoms with Gasteiger partial charge in [0.05, 0.1) is 30.3 Å². The number of ether oxygens (including phenoxy) is 1. The van der Waals surface area contributed by atoms with E-state index in [4.69, 9.17) is 9.26 Å². The molecule has 3 aliphatic heterocycles. The Balaban J connectivity index is 1.52. The van der Waals surface area contributed by atoms with E-state index in [1.165, 1.54) is 6.42 Å². The van der Waals surface area contributed by atoms with Crippen molar-refractivity contribution in [1.82, 2.24) is 15.5 Å². The van der Waals surface area contributed by atoms with Crippen molar-refractivity contribution >= 4 is 0 Å². The lowest BCUT2D eigenvalue weighted by atomic mass is 9.89. The zero-order valence-electron chi connectivity index (χ0n) is 10.1. The maximum absolute atomic E-state index is 9.49. The van der Waals surface area contributed by atoms with E-state index in [1.54, 1.807) is 0 Å². The lowest BCUT2D eigenvalue weighted by molar-refractivity contribution is 0.0996. The second-order valence-corrected chi connectivity index (χ2v) is 5.56. The fourth-order valence-corrected chi connectivity index (χ4v) is 3.35. The zero-order valence-corrected chi connectivity index (χ0v) is 10.1. The van der Waals surface area contributed by atoms with Crippen LogP contribution >= 0.6 is 0 Å². The minimum absolute atomic E-state index is 0.000703. The molecule has 1 aromatic rings. The minimum atomic E-state index is -0.309. The summed E-state index contributed by atoms with van der Waals surface area (Å²) in [7, 11) is 0. The molecular formula is C12H17N3O3. The Bertz CT molecular complexity index is 450. The van der Waals surface area contributed by atoms with Gasteiger partial charge in [0.25, 0.3) is 0 Å². The van der Waals surface area contributed by atoms with Gasteiger partial charge in [-0.2, -0.15) is 4.98 Å². The summed E-state index contributed by atoms with van der Waals surface area (Å²) >= 11 is 0. The number of aliphatic hydroxyl groups excluding tert-OH is 1. The molecule has 3 saturated heterocycles. The van der Waals surface area contributed by atoms with Gasteiger partial charge in [-0.15, -0.1) is 0 Å². The summed E-state index contributed by atoms with van der Waals surface area (Å²) in [6, 6.07) is 0.000703. The van der Waals surface area contributed by atoms with Crippen molar-refractivity contribution in [3.8, 4) is 0 Å². The third-order valence-electron chi connectivity index (χ3n) is 4.30. The van der Waals surface area contributed by atoms with Gasteiger partial charge in [-0.25, -0.2) is 0 Å². The molecule has 0 aromatic carbocycles. The molecule has 2 bridgehead atoms. The van der Waals surface area contributed by atoms with Crippen LogP contribution in [0.5, 0.6) is 0 Å². The van der Waals surface area contributed by atoms with Crippen LogP contribution in [0.1, 0.15) is 49.4 Å². The highest BCUT2D eigenvalue weighted by Gasteiger charge is 2.44. The van der Waals surface area contributed by atoms with E-state index in [9.17, 15) is 5.11 Å². The van der Waals surface area contributed by atoms with Gasteiger partial charge in [0.2, 0.25) is 5.89 Å². The topological polar surface area (TPSA) is 80.4 Å². The molecule has 18 heavy (non-hydrogen) atoms. The van der Waals surface area contributed by atoms with E-state index < -0.39 is 0 Å². The first-order chi connectivity index (χ1) is 8.79. The molecule has 0 amide bonds. The molecule has 0 spiro atoms. The van der Waals surface area contributed by atoms with E-state index in [2.05, 4.69) is 15.5 Å². The van der Waals surface area contributed by atoms with E-state index in [-0.39, 0.29) is 18.2 Å². The lowest BCUT2D eigenvalue weighted by Gasteiger charge is -2.13. The maximum Gasteiger partial charge on any atom is 0.243 e. The fraction of sp³-hybridized carbons (Fsp3) is 0.833. The molecule has 0 saturated carbocycles. The van der Waals surface area contributed by atoms with Crippen LogP contribution in [0.4, 0.5) is 0 Å². The summed E-state index contributed by atoms with van der Waals surface area (Å²) in [5, 5.41) is 16.8. The molecule has 4 rings (SSSR count). The summed E-state index contributed by atoms with van der Waals surface area (Å²) in [6.07, 6.45) is 4.31. The monoisotopic (exact) mass is 251 g/mol. The smallest absolute Gasteiger partial charge is 0.243 e. The summed E-state index contributed by atoms with van der Waals surface area (Å²) in [6.45, 7) is 0.597. The molecule has 5 atom stereocenters. The van der Waals surface area contributed by atoms with Gasteiger partial charge < -0.3 is 19.7 Å². The second-order valence-electron chi connectivity index (χ2n) is 5.56. The third-order valence-corrected chi connectivity index (χ3v) is 4.30. The lowest BCUT2D eigenvalue weighted by Crippen LogP contribution is -2.17. The molecule has 4 heterocycles. The van der Waals surface area contributed by atoms with E-state index in [1.807, 2.05) is 0 Å². The van der Waals surface area contributed by atoms with Gasteiger partial charge >= 0.3 is 0 Å². The van der Waals surface area contributed by atoms with E-state index in [0.717, 1.165) is 18.7 Å². The predicted octanol–water partition coefficient (Wildman–Crippen LogP) is 0.500. The number of hydrogen-bond donors (Lipinski definition) is 2. The Morgan fingerprint density at radius 3 is 2.89 bits per heavy atom. The molecule has 1 aromatic heterocycles. The van der Waals surface area contributed by atoms with Crippen molar-refractivity contribution in [1.29, 1.82) is 0 Å². The number of fused-ring (bicyclic) bond motifs is 2. The number of aromatic nitrogens is 2. The summed E-state index contributed by atoms with van der Waals surface area (Å²) in [5.74, 6) is 1.68. The summed E-state index contributed by atoms with van der Waals surface area (Å²) < 4.78 is 11.1. The molecule has 2 N–H and O–H groups in total. The van der Waals surface area contributed by atoms with Gasteiger partial charge in [-0.3, -0.25) is 0 Å². The molecule has 6 nitrogen and oxygen atoms in total. The quantitative estimate of drug-likeness (QED) is 0.796. The maximum atomic E-state index is 9.49. The largest absolute Gasteiger partial charge is 0.392 e. The van der Waals surface area contributed by atoms with Crippen molar-refractivity contribution in [3.63, 3.8) is 0 Å². The van der Waals surface area contributed by atoms with Crippen LogP contribution in [0.25, 0.3) is 0 Å². The highest BCUT2D eigenvalue weighted by Crippen LogP contribution is 2.43. The van der Waals surface area contributed by atoms with E-state index >= 15 is 0 Å². The van der Waals surface area contributed by atoms with Crippen molar-refractivity contribution in [3.05, 3.63) is 11.7 Å². The fourth-order valence-electron chi connectivity index (χ4n) is 3.35. The first kappa shape index (κ1) is 10.9. The molecular weight excluding hydrogens is 234 g/mol. The molecule has 5 unspecified atom stereocenters. The van der Waals surface area contributed by atoms with Crippen LogP contribution in [-0.4, -0.2) is 40.1 Å². The summed E-state index contributed by atoms with van der Waals surface area (Å²) in [4.78, 5) is 4.50. The molecule has 0 radical (unpaired) electrons. The highest BCUT2D eigenvalue weighted by atomic mass is 16.5. The van der Waals surface area contributed by atoms with Crippen molar-refractivity contribution in [2.75, 3.05) is 6.54 Å². The first-order valence-electron chi connectivity index (χ1n) is 6.70. The van der Waals surface area contributed by atoms with Crippen LogP contribution in [0.15, 0.2) is 4.52 Å². The van der Waals surface area contributed by atoms with Gasteiger partial charge in [-0.1, -0.05) is 5.16 Å². The number of β-amino-alcohol motifs (C(OH)–C–C–N with tert-alkyl or cyclic N) is 1. The zero-order chi connectivity index (χ0) is 12.1. The number of rotatable bonds is 2. The molecule has 3 aliphatic rings. The Morgan fingerprint density at radius 1 is 1.28 bits per heavy atom. The van der Waals surface area contributed by atoms with Crippen LogP contribution in [0, 0.1) is 0 Å². The average Bonchev–Trinajstić information content (AvgIpc) is 3.12. The van der Waals surface area contributed by atoms with Gasteiger partial charge in [0, 0.05) is 6.54 Å². The van der Waals surface area contributed by atoms with Crippen LogP contribution in [0.2, 0.25) is 0 Å². The first-order valence-corrected chi connectivity index (χ1v) is 6.70. The third kappa shape index (κ3) is 1.67. The van der Waals surface area contributed by atoms with Crippen LogP contribution < -0.4 is 5.32 Å². The Kier molecular flexibility index (Phi) is 2.43. The number of hydrogen-bond acceptors (Lipinski definition) is 6. The van der Waals surface area contributed by atoms with E-state index in [0.29, 0.717) is 30.9 Å². The number of nitrogens with one attached hydrogen (secondary N) is 1. The number of aliphatic hydroxyl groups is 1. The van der Waals surface area contributed by atoms with Gasteiger partial charge in [-0.05, 0) is 25.7 Å².